The summed E-state index contributed by atoms with van der Waals surface area (Å²) in [7, 11) is 0. The van der Waals surface area contributed by atoms with E-state index in [1.165, 1.54) is 19.4 Å². The average molecular weight is 300 g/mol. The maximum absolute atomic E-state index is 9.02. The van der Waals surface area contributed by atoms with Gasteiger partial charge >= 0.3 is 0 Å². The molecule has 0 radical (unpaired) electrons. The molecule has 0 aromatic heterocycles. The van der Waals surface area contributed by atoms with Crippen LogP contribution in [0.4, 0.5) is 0 Å². The molecule has 1 rings (SSSR count). The molecule has 1 aliphatic heterocycles. The monoisotopic (exact) mass is 299 g/mol. The van der Waals surface area contributed by atoms with Crippen molar-refractivity contribution in [3.8, 4) is 0 Å². The lowest BCUT2D eigenvalue weighted by Crippen LogP contribution is -2.51. The first-order valence-electron chi connectivity index (χ1n) is 8.75. The largest absolute Gasteiger partial charge is 0.395 e. The van der Waals surface area contributed by atoms with E-state index < -0.39 is 0 Å². The Bertz CT molecular complexity index is 265. The van der Waals surface area contributed by atoms with Crippen LogP contribution in [0.1, 0.15) is 40.5 Å². The molecule has 0 spiro atoms. The minimum atomic E-state index is 0.284. The summed E-state index contributed by atoms with van der Waals surface area (Å²) in [5, 5.41) is 12.7. The first-order chi connectivity index (χ1) is 9.99. The van der Waals surface area contributed by atoms with Crippen molar-refractivity contribution in [2.75, 3.05) is 59.0 Å². The van der Waals surface area contributed by atoms with E-state index in [-0.39, 0.29) is 6.61 Å². The Morgan fingerprint density at radius 2 is 1.76 bits per heavy atom. The summed E-state index contributed by atoms with van der Waals surface area (Å²) < 4.78 is 0. The summed E-state index contributed by atoms with van der Waals surface area (Å²) in [5.74, 6) is 0.720. The SMILES string of the molecule is CCCC(C)(CNCC(C)C)CN1CCN(CCO)CC1. The Kier molecular flexibility index (Phi) is 8.79. The predicted octanol–water partition coefficient (Wildman–Crippen LogP) is 1.65. The molecule has 21 heavy (non-hydrogen) atoms. The van der Waals surface area contributed by atoms with E-state index in [0.717, 1.165) is 51.7 Å². The first kappa shape index (κ1) is 18.9. The van der Waals surface area contributed by atoms with Gasteiger partial charge in [0.15, 0.2) is 0 Å². The van der Waals surface area contributed by atoms with Crippen LogP contribution in [-0.4, -0.2) is 73.9 Å². The second-order valence-electron chi connectivity index (χ2n) is 7.43. The number of aliphatic hydroxyl groups excluding tert-OH is 1. The van der Waals surface area contributed by atoms with Crippen LogP contribution in [-0.2, 0) is 0 Å². The normalized spacial score (nSPS) is 20.9. The molecule has 1 atom stereocenters. The third-order valence-corrected chi connectivity index (χ3v) is 4.44. The van der Waals surface area contributed by atoms with E-state index in [1.54, 1.807) is 0 Å². The summed E-state index contributed by atoms with van der Waals surface area (Å²) in [5.41, 5.74) is 0.378. The van der Waals surface area contributed by atoms with E-state index in [9.17, 15) is 0 Å². The Hall–Kier alpha value is -0.160. The van der Waals surface area contributed by atoms with Crippen LogP contribution in [0.25, 0.3) is 0 Å². The highest BCUT2D eigenvalue weighted by atomic mass is 16.3. The number of hydrogen-bond acceptors (Lipinski definition) is 4. The van der Waals surface area contributed by atoms with Gasteiger partial charge in [0, 0.05) is 45.8 Å². The van der Waals surface area contributed by atoms with Crippen molar-refractivity contribution < 1.29 is 5.11 Å². The number of nitrogens with zero attached hydrogens (tertiary/aromatic N) is 2. The van der Waals surface area contributed by atoms with Gasteiger partial charge < -0.3 is 15.3 Å². The van der Waals surface area contributed by atoms with E-state index in [1.807, 2.05) is 0 Å². The summed E-state index contributed by atoms with van der Waals surface area (Å²) >= 11 is 0. The highest BCUT2D eigenvalue weighted by molar-refractivity contribution is 4.83. The molecule has 0 aromatic carbocycles. The summed E-state index contributed by atoms with van der Waals surface area (Å²) in [6.45, 7) is 18.3. The minimum absolute atomic E-state index is 0.284. The van der Waals surface area contributed by atoms with Crippen LogP contribution in [0, 0.1) is 11.3 Å². The van der Waals surface area contributed by atoms with Crippen molar-refractivity contribution in [3.05, 3.63) is 0 Å². The van der Waals surface area contributed by atoms with Gasteiger partial charge in [0.05, 0.1) is 6.61 Å². The smallest absolute Gasteiger partial charge is 0.0558 e. The zero-order chi connectivity index (χ0) is 15.7. The minimum Gasteiger partial charge on any atom is -0.395 e. The second kappa shape index (κ2) is 9.78. The van der Waals surface area contributed by atoms with Gasteiger partial charge in [-0.3, -0.25) is 4.90 Å². The molecule has 0 bridgehead atoms. The van der Waals surface area contributed by atoms with Crippen LogP contribution < -0.4 is 5.32 Å². The third kappa shape index (κ3) is 7.59. The number of β-amino-alcohol motifs (C(OH)–C–C–N with tert-alkyl or cyclic N) is 1. The highest BCUT2D eigenvalue weighted by Crippen LogP contribution is 2.24. The molecule has 0 amide bonds. The fraction of sp³-hybridized carbons (Fsp3) is 1.00. The van der Waals surface area contributed by atoms with Crippen molar-refractivity contribution in [1.82, 2.24) is 15.1 Å². The third-order valence-electron chi connectivity index (χ3n) is 4.44. The maximum Gasteiger partial charge on any atom is 0.0558 e. The molecule has 1 aliphatic rings. The van der Waals surface area contributed by atoms with Crippen molar-refractivity contribution >= 4 is 0 Å². The lowest BCUT2D eigenvalue weighted by molar-refractivity contribution is 0.0763. The summed E-state index contributed by atoms with van der Waals surface area (Å²) in [6.07, 6.45) is 2.54. The van der Waals surface area contributed by atoms with Crippen LogP contribution in [0.3, 0.4) is 0 Å². The Morgan fingerprint density at radius 1 is 1.14 bits per heavy atom. The molecule has 1 unspecified atom stereocenters. The number of piperazine rings is 1. The molecule has 1 fully saturated rings. The van der Waals surface area contributed by atoms with Gasteiger partial charge in [0.2, 0.25) is 0 Å². The van der Waals surface area contributed by atoms with E-state index in [2.05, 4.69) is 42.8 Å². The fourth-order valence-corrected chi connectivity index (χ4v) is 3.34. The second-order valence-corrected chi connectivity index (χ2v) is 7.43. The average Bonchev–Trinajstić information content (AvgIpc) is 2.41. The van der Waals surface area contributed by atoms with Gasteiger partial charge in [0.1, 0.15) is 0 Å². The van der Waals surface area contributed by atoms with E-state index in [0.29, 0.717) is 5.41 Å². The quantitative estimate of drug-likeness (QED) is 0.643. The first-order valence-corrected chi connectivity index (χ1v) is 8.75. The molecule has 0 aromatic rings. The molecule has 4 nitrogen and oxygen atoms in total. The van der Waals surface area contributed by atoms with Gasteiger partial charge in [-0.05, 0) is 24.3 Å². The van der Waals surface area contributed by atoms with Gasteiger partial charge in [-0.2, -0.15) is 0 Å². The van der Waals surface area contributed by atoms with Crippen LogP contribution in [0.2, 0.25) is 0 Å². The number of nitrogens with one attached hydrogen (secondary N) is 1. The lowest BCUT2D eigenvalue weighted by Gasteiger charge is -2.40. The van der Waals surface area contributed by atoms with Crippen LogP contribution in [0.15, 0.2) is 0 Å². The number of aliphatic hydroxyl groups is 1. The van der Waals surface area contributed by atoms with Gasteiger partial charge in [-0.1, -0.05) is 34.1 Å². The van der Waals surface area contributed by atoms with E-state index >= 15 is 0 Å². The Labute approximate surface area is 131 Å². The molecular weight excluding hydrogens is 262 g/mol. The lowest BCUT2D eigenvalue weighted by atomic mass is 9.84. The molecule has 126 valence electrons. The molecule has 1 saturated heterocycles. The Morgan fingerprint density at radius 3 is 2.29 bits per heavy atom. The fourth-order valence-electron chi connectivity index (χ4n) is 3.34. The zero-order valence-corrected chi connectivity index (χ0v) is 14.7. The zero-order valence-electron chi connectivity index (χ0n) is 14.7. The molecule has 2 N–H and O–H groups in total. The predicted molar refractivity (Wildman–Crippen MR) is 90.7 cm³/mol. The van der Waals surface area contributed by atoms with Crippen LogP contribution >= 0.6 is 0 Å². The topological polar surface area (TPSA) is 38.7 Å². The van der Waals surface area contributed by atoms with Gasteiger partial charge in [-0.15, -0.1) is 0 Å². The summed E-state index contributed by atoms with van der Waals surface area (Å²) in [6, 6.07) is 0. The van der Waals surface area contributed by atoms with Gasteiger partial charge in [0.25, 0.3) is 0 Å². The molecule has 1 heterocycles. The highest BCUT2D eigenvalue weighted by Gasteiger charge is 2.28. The molecular formula is C17H37N3O. The number of rotatable bonds is 10. The van der Waals surface area contributed by atoms with Crippen molar-refractivity contribution in [2.45, 2.75) is 40.5 Å². The maximum atomic E-state index is 9.02. The Balaban J connectivity index is 2.39. The van der Waals surface area contributed by atoms with Crippen molar-refractivity contribution in [2.24, 2.45) is 11.3 Å². The standard InChI is InChI=1S/C17H37N3O/c1-5-6-17(4,14-18-13-16(2)3)15-20-9-7-19(8-10-20)11-12-21/h16,18,21H,5-15H2,1-4H3. The molecule has 4 heteroatoms. The van der Waals surface area contributed by atoms with Gasteiger partial charge in [-0.25, -0.2) is 0 Å². The van der Waals surface area contributed by atoms with Crippen molar-refractivity contribution in [3.63, 3.8) is 0 Å². The van der Waals surface area contributed by atoms with E-state index in [4.69, 9.17) is 5.11 Å². The van der Waals surface area contributed by atoms with Crippen LogP contribution in [0.5, 0.6) is 0 Å². The number of hydrogen-bond donors (Lipinski definition) is 2. The summed E-state index contributed by atoms with van der Waals surface area (Å²) in [4.78, 5) is 4.98. The van der Waals surface area contributed by atoms with Crippen molar-refractivity contribution in [1.29, 1.82) is 0 Å². The molecule has 0 saturated carbocycles. The molecule has 0 aliphatic carbocycles.